The fourth-order valence-electron chi connectivity index (χ4n) is 6.86. The highest BCUT2D eigenvalue weighted by atomic mass is 16.6. The molecular formula is C37H50N6O7. The summed E-state index contributed by atoms with van der Waals surface area (Å²) >= 11 is 0. The summed E-state index contributed by atoms with van der Waals surface area (Å²) in [4.78, 5) is 63.2. The lowest BCUT2D eigenvalue weighted by Crippen LogP contribution is -2.62. The summed E-state index contributed by atoms with van der Waals surface area (Å²) in [5, 5.41) is 20.2. The van der Waals surface area contributed by atoms with Gasteiger partial charge in [0.15, 0.2) is 11.5 Å². The zero-order valence-electron chi connectivity index (χ0n) is 29.2. The molecule has 1 aliphatic carbocycles. The molecule has 3 aromatic rings. The summed E-state index contributed by atoms with van der Waals surface area (Å²) in [5.41, 5.74) is 2.11. The van der Waals surface area contributed by atoms with Crippen LogP contribution in [-0.2, 0) is 40.5 Å². The van der Waals surface area contributed by atoms with Crippen LogP contribution in [0.5, 0.6) is 0 Å². The number of hydrazine groups is 1. The number of carbonyl (C=O) groups is 4. The largest absolute Gasteiger partial charge is 0.461 e. The second kappa shape index (κ2) is 17.1. The minimum absolute atomic E-state index is 0.0134. The van der Waals surface area contributed by atoms with Crippen LogP contribution in [-0.4, -0.2) is 94.4 Å². The molecule has 2 fully saturated rings. The predicted molar refractivity (Wildman–Crippen MR) is 186 cm³/mol. The van der Waals surface area contributed by atoms with E-state index < -0.39 is 53.4 Å². The second-order valence-electron chi connectivity index (χ2n) is 13.8. The van der Waals surface area contributed by atoms with Crippen LogP contribution in [0.1, 0.15) is 70.6 Å². The van der Waals surface area contributed by atoms with Gasteiger partial charge < -0.3 is 30.2 Å². The summed E-state index contributed by atoms with van der Waals surface area (Å²) in [6.07, 6.45) is 6.44. The van der Waals surface area contributed by atoms with E-state index in [1.165, 1.54) is 6.33 Å². The predicted octanol–water partition coefficient (Wildman–Crippen LogP) is 2.68. The Morgan fingerprint density at radius 3 is 2.44 bits per heavy atom. The number of imidazole rings is 1. The quantitative estimate of drug-likeness (QED) is 0.126. The summed E-state index contributed by atoms with van der Waals surface area (Å²) in [5.74, 6) is -2.49. The van der Waals surface area contributed by atoms with Gasteiger partial charge in [0.25, 0.3) is 5.91 Å². The molecule has 50 heavy (non-hydrogen) atoms. The van der Waals surface area contributed by atoms with Crippen molar-refractivity contribution >= 4 is 34.5 Å². The number of benzene rings is 2. The third-order valence-electron chi connectivity index (χ3n) is 9.71. The SMILES string of the molecule is CC(C)OC(=O)C(O)[C@@H](CC1CCCCC1)NC(=O)[C@H](Cc1c[nH]cn1)NC(=O)C(C)(C(=O)NN1CCOCC1)c1cccc2ccccc12. The van der Waals surface area contributed by atoms with Gasteiger partial charge in [-0.25, -0.2) is 14.8 Å². The van der Waals surface area contributed by atoms with Crippen LogP contribution >= 0.6 is 0 Å². The monoisotopic (exact) mass is 690 g/mol. The first-order valence-electron chi connectivity index (χ1n) is 17.7. The van der Waals surface area contributed by atoms with Gasteiger partial charge in [-0.1, -0.05) is 74.6 Å². The van der Waals surface area contributed by atoms with Gasteiger partial charge >= 0.3 is 5.97 Å². The van der Waals surface area contributed by atoms with Crippen molar-refractivity contribution in [2.75, 3.05) is 26.3 Å². The molecule has 270 valence electrons. The standard InChI is InChI=1S/C37H50N6O7/c1-24(2)50-34(46)32(44)30(20-25-10-5-4-6-11-25)40-33(45)31(21-27-22-38-23-39-27)41-35(47)37(3,36(48)42-43-16-18-49-19-17-43)29-15-9-13-26-12-7-8-14-28(26)29/h7-9,12-15,22-25,30-32,44H,4-6,10-11,16-21H2,1-3H3,(H,38,39)(H,40,45)(H,41,47)(H,42,48)/t30-,31+,32?,37?/m1/s1. The average molecular weight is 691 g/mol. The summed E-state index contributed by atoms with van der Waals surface area (Å²) < 4.78 is 10.8. The molecule has 2 heterocycles. The number of ether oxygens (including phenoxy) is 2. The third kappa shape index (κ3) is 9.06. The van der Waals surface area contributed by atoms with Gasteiger partial charge in [-0.05, 0) is 49.4 Å². The van der Waals surface area contributed by atoms with Gasteiger partial charge in [0.2, 0.25) is 11.8 Å². The number of hydrogen-bond acceptors (Lipinski definition) is 9. The highest BCUT2D eigenvalue weighted by Gasteiger charge is 2.46. The van der Waals surface area contributed by atoms with Crippen molar-refractivity contribution in [3.63, 3.8) is 0 Å². The van der Waals surface area contributed by atoms with Crippen LogP contribution in [0.2, 0.25) is 0 Å². The van der Waals surface area contributed by atoms with Crippen molar-refractivity contribution in [1.29, 1.82) is 0 Å². The highest BCUT2D eigenvalue weighted by Crippen LogP contribution is 2.32. The molecule has 2 aliphatic rings. The van der Waals surface area contributed by atoms with Crippen molar-refractivity contribution in [3.8, 4) is 0 Å². The lowest BCUT2D eigenvalue weighted by atomic mass is 9.78. The number of amides is 3. The zero-order chi connectivity index (χ0) is 35.7. The van der Waals surface area contributed by atoms with E-state index in [9.17, 15) is 24.3 Å². The van der Waals surface area contributed by atoms with Crippen LogP contribution < -0.4 is 16.1 Å². The van der Waals surface area contributed by atoms with E-state index in [1.54, 1.807) is 44.1 Å². The Morgan fingerprint density at radius 2 is 1.74 bits per heavy atom. The van der Waals surface area contributed by atoms with Crippen molar-refractivity contribution < 1.29 is 33.8 Å². The molecule has 2 unspecified atom stereocenters. The Bertz CT molecular complexity index is 1600. The maximum Gasteiger partial charge on any atom is 0.337 e. The number of aromatic amines is 1. The van der Waals surface area contributed by atoms with Crippen LogP contribution in [0.15, 0.2) is 55.0 Å². The number of morpholine rings is 1. The first kappa shape index (κ1) is 36.9. The topological polar surface area (TPSA) is 175 Å². The van der Waals surface area contributed by atoms with E-state index in [1.807, 2.05) is 30.3 Å². The number of carbonyl (C=O) groups excluding carboxylic acids is 4. The normalized spacial score (nSPS) is 18.8. The van der Waals surface area contributed by atoms with Gasteiger partial charge in [-0.15, -0.1) is 0 Å². The Kier molecular flexibility index (Phi) is 12.6. The lowest BCUT2D eigenvalue weighted by molar-refractivity contribution is -0.159. The maximum atomic E-state index is 14.7. The van der Waals surface area contributed by atoms with Crippen molar-refractivity contribution in [2.24, 2.45) is 5.92 Å². The number of H-pyrrole nitrogens is 1. The van der Waals surface area contributed by atoms with E-state index in [4.69, 9.17) is 9.47 Å². The lowest BCUT2D eigenvalue weighted by Gasteiger charge is -2.35. The maximum absolute atomic E-state index is 14.7. The van der Waals surface area contributed by atoms with E-state index in [2.05, 4.69) is 26.0 Å². The summed E-state index contributed by atoms with van der Waals surface area (Å²) in [7, 11) is 0. The van der Waals surface area contributed by atoms with E-state index in [0.29, 0.717) is 44.0 Å². The number of aliphatic hydroxyl groups excluding tert-OH is 1. The number of aromatic nitrogens is 2. The molecule has 5 N–H and O–H groups in total. The number of rotatable bonds is 14. The van der Waals surface area contributed by atoms with Crippen LogP contribution in [0.3, 0.4) is 0 Å². The highest BCUT2D eigenvalue weighted by molar-refractivity contribution is 6.13. The molecule has 13 heteroatoms. The molecule has 0 radical (unpaired) electrons. The molecule has 1 saturated carbocycles. The van der Waals surface area contributed by atoms with E-state index in [0.717, 1.165) is 42.9 Å². The molecular weight excluding hydrogens is 640 g/mol. The number of nitrogens with zero attached hydrogens (tertiary/aromatic N) is 2. The molecule has 0 bridgehead atoms. The minimum Gasteiger partial charge on any atom is -0.461 e. The third-order valence-corrected chi connectivity index (χ3v) is 9.71. The Balaban J connectivity index is 1.46. The number of nitrogens with one attached hydrogen (secondary N) is 4. The van der Waals surface area contributed by atoms with E-state index >= 15 is 0 Å². The van der Waals surface area contributed by atoms with Gasteiger partial charge in [0.1, 0.15) is 6.04 Å². The second-order valence-corrected chi connectivity index (χ2v) is 13.8. The molecule has 5 rings (SSSR count). The van der Waals surface area contributed by atoms with Crippen molar-refractivity contribution in [1.82, 2.24) is 31.0 Å². The molecule has 1 aromatic heterocycles. The van der Waals surface area contributed by atoms with Gasteiger partial charge in [0.05, 0.1) is 37.4 Å². The number of esters is 1. The van der Waals surface area contributed by atoms with Crippen LogP contribution in [0.4, 0.5) is 0 Å². The van der Waals surface area contributed by atoms with Crippen molar-refractivity contribution in [2.45, 2.75) is 95.4 Å². The minimum atomic E-state index is -1.79. The molecule has 1 saturated heterocycles. The van der Waals surface area contributed by atoms with Crippen LogP contribution in [0.25, 0.3) is 10.8 Å². The number of fused-ring (bicyclic) bond motifs is 1. The molecule has 3 amide bonds. The number of aliphatic hydroxyl groups is 1. The average Bonchev–Trinajstić information content (AvgIpc) is 3.64. The Hall–Kier alpha value is -4.33. The zero-order valence-corrected chi connectivity index (χ0v) is 29.2. The fourth-order valence-corrected chi connectivity index (χ4v) is 6.86. The molecule has 1 aliphatic heterocycles. The molecule has 4 atom stereocenters. The van der Waals surface area contributed by atoms with Crippen molar-refractivity contribution in [3.05, 3.63) is 66.2 Å². The van der Waals surface area contributed by atoms with Gasteiger partial charge in [0, 0.05) is 25.7 Å². The molecule has 13 nitrogen and oxygen atoms in total. The van der Waals surface area contributed by atoms with Crippen LogP contribution in [0, 0.1) is 5.92 Å². The summed E-state index contributed by atoms with van der Waals surface area (Å²) in [6.45, 7) is 6.71. The van der Waals surface area contributed by atoms with Gasteiger partial charge in [-0.2, -0.15) is 0 Å². The Labute approximate surface area is 292 Å². The molecule has 0 spiro atoms. The van der Waals surface area contributed by atoms with E-state index in [-0.39, 0.29) is 12.3 Å². The first-order chi connectivity index (χ1) is 24.1. The fraction of sp³-hybridized carbons (Fsp3) is 0.541. The Morgan fingerprint density at radius 1 is 1.02 bits per heavy atom. The number of hydrogen-bond donors (Lipinski definition) is 5. The molecule has 2 aromatic carbocycles. The first-order valence-corrected chi connectivity index (χ1v) is 17.7. The summed E-state index contributed by atoms with van der Waals surface area (Å²) in [6, 6.07) is 10.8. The van der Waals surface area contributed by atoms with Gasteiger partial charge in [-0.3, -0.25) is 19.8 Å². The smallest absolute Gasteiger partial charge is 0.337 e.